The van der Waals surface area contributed by atoms with Gasteiger partial charge < -0.3 is 0 Å². The van der Waals surface area contributed by atoms with Gasteiger partial charge in [0.25, 0.3) is 5.91 Å². The number of hydrogen-bond donors (Lipinski definition) is 2. The average Bonchev–Trinajstić information content (AvgIpc) is 2.28. The van der Waals surface area contributed by atoms with Crippen LogP contribution in [0.15, 0.2) is 18.2 Å². The van der Waals surface area contributed by atoms with E-state index in [1.165, 1.54) is 18.2 Å². The fourth-order valence-electron chi connectivity index (χ4n) is 1.18. The molecule has 0 aromatic heterocycles. The van der Waals surface area contributed by atoms with E-state index in [-0.39, 0.29) is 17.0 Å². The van der Waals surface area contributed by atoms with Gasteiger partial charge in [-0.1, -0.05) is 23.2 Å². The molecule has 6 heteroatoms. The van der Waals surface area contributed by atoms with Crippen LogP contribution in [0.2, 0.25) is 10.0 Å². The third-order valence-electron chi connectivity index (χ3n) is 1.95. The average molecular weight is 259 g/mol. The first kappa shape index (κ1) is 12.7. The summed E-state index contributed by atoms with van der Waals surface area (Å²) >= 11 is 11.9. The van der Waals surface area contributed by atoms with Crippen molar-refractivity contribution >= 4 is 35.1 Å². The summed E-state index contributed by atoms with van der Waals surface area (Å²) < 4.78 is 0. The summed E-state index contributed by atoms with van der Waals surface area (Å²) in [5.41, 5.74) is 2.68. The van der Waals surface area contributed by atoms with Crippen LogP contribution in [0.5, 0.6) is 0 Å². The molecule has 0 saturated heterocycles. The van der Waals surface area contributed by atoms with E-state index in [1.807, 2.05) is 5.43 Å². The molecule has 0 aliphatic heterocycles. The topological polar surface area (TPSA) is 72.2 Å². The highest BCUT2D eigenvalue weighted by Gasteiger charge is 2.14. The molecule has 0 spiro atoms. The van der Waals surface area contributed by atoms with Gasteiger partial charge in [0.15, 0.2) is 0 Å². The minimum absolute atomic E-state index is 0.182. The fourth-order valence-corrected chi connectivity index (χ4v) is 1.79. The quantitative estimate of drug-likeness (QED) is 0.374. The largest absolute Gasteiger partial charge is 0.290 e. The Balaban J connectivity index is 3.26. The first-order chi connectivity index (χ1) is 7.61. The van der Waals surface area contributed by atoms with Gasteiger partial charge >= 0.3 is 0 Å². The Morgan fingerprint density at radius 2 is 2.19 bits per heavy atom. The van der Waals surface area contributed by atoms with Crippen LogP contribution in [0.1, 0.15) is 15.9 Å². The SMILES string of the molecule is NNC(=O)c1ccc(Cl)c(CC=C=O)c1Cl. The second kappa shape index (κ2) is 5.68. The van der Waals surface area contributed by atoms with Crippen LogP contribution >= 0.6 is 23.2 Å². The molecule has 4 nitrogen and oxygen atoms in total. The Hall–Kier alpha value is -1.32. The number of nitrogen functional groups attached to an aromatic ring is 1. The van der Waals surface area contributed by atoms with E-state index in [9.17, 15) is 9.59 Å². The Morgan fingerprint density at radius 3 is 2.75 bits per heavy atom. The molecular weight excluding hydrogens is 251 g/mol. The molecule has 0 fully saturated rings. The molecule has 1 rings (SSSR count). The summed E-state index contributed by atoms with van der Waals surface area (Å²) in [6.07, 6.45) is 1.45. The second-order valence-corrected chi connectivity index (χ2v) is 3.67. The number of hydrogen-bond acceptors (Lipinski definition) is 3. The molecule has 0 unspecified atom stereocenters. The monoisotopic (exact) mass is 258 g/mol. The highest BCUT2D eigenvalue weighted by Crippen LogP contribution is 2.28. The van der Waals surface area contributed by atoms with Crippen LogP contribution < -0.4 is 11.3 Å². The van der Waals surface area contributed by atoms with Crippen LogP contribution in [-0.4, -0.2) is 11.8 Å². The molecule has 0 saturated carbocycles. The number of rotatable bonds is 3. The minimum atomic E-state index is -0.516. The van der Waals surface area contributed by atoms with Gasteiger partial charge in [-0.05, 0) is 17.7 Å². The maximum atomic E-state index is 11.3. The molecule has 0 aliphatic rings. The standard InChI is InChI=1S/C10H8Cl2N2O2/c11-8-4-3-7(10(16)14-13)9(12)6(8)2-1-5-15/h1,3-4H,2,13H2,(H,14,16). The summed E-state index contributed by atoms with van der Waals surface area (Å²) in [7, 11) is 0. The normalized spacial score (nSPS) is 9.44. The molecule has 3 N–H and O–H groups in total. The molecular formula is C10H8Cl2N2O2. The smallest absolute Gasteiger partial charge is 0.266 e. The second-order valence-electron chi connectivity index (χ2n) is 2.89. The van der Waals surface area contributed by atoms with Crippen molar-refractivity contribution in [2.24, 2.45) is 5.84 Å². The number of nitrogens with two attached hydrogens (primary N) is 1. The predicted octanol–water partition coefficient (Wildman–Crippen LogP) is 1.53. The van der Waals surface area contributed by atoms with Crippen molar-refractivity contribution in [2.75, 3.05) is 0 Å². The van der Waals surface area contributed by atoms with Crippen molar-refractivity contribution in [3.05, 3.63) is 39.4 Å². The van der Waals surface area contributed by atoms with Gasteiger partial charge in [-0.15, -0.1) is 0 Å². The van der Waals surface area contributed by atoms with Crippen molar-refractivity contribution in [3.8, 4) is 0 Å². The Bertz CT molecular complexity index is 468. The van der Waals surface area contributed by atoms with Gasteiger partial charge in [-0.3, -0.25) is 10.2 Å². The van der Waals surface area contributed by atoms with Crippen LogP contribution in [0.3, 0.4) is 0 Å². The van der Waals surface area contributed by atoms with E-state index in [1.54, 1.807) is 5.94 Å². The van der Waals surface area contributed by atoms with Gasteiger partial charge in [0.05, 0.1) is 10.6 Å². The number of amides is 1. The molecule has 1 aromatic carbocycles. The molecule has 0 heterocycles. The first-order valence-corrected chi connectivity index (χ1v) is 5.04. The zero-order valence-corrected chi connectivity index (χ0v) is 9.60. The summed E-state index contributed by atoms with van der Waals surface area (Å²) in [6.45, 7) is 0. The van der Waals surface area contributed by atoms with Crippen molar-refractivity contribution in [2.45, 2.75) is 6.42 Å². The van der Waals surface area contributed by atoms with Crippen LogP contribution in [-0.2, 0) is 11.2 Å². The summed E-state index contributed by atoms with van der Waals surface area (Å²) in [5, 5.41) is 0.562. The number of benzene rings is 1. The van der Waals surface area contributed by atoms with Crippen molar-refractivity contribution in [1.29, 1.82) is 0 Å². The third-order valence-corrected chi connectivity index (χ3v) is 2.74. The summed E-state index contributed by atoms with van der Waals surface area (Å²) in [5.74, 6) is 6.10. The molecule has 84 valence electrons. The lowest BCUT2D eigenvalue weighted by molar-refractivity contribution is 0.0953. The maximum absolute atomic E-state index is 11.3. The van der Waals surface area contributed by atoms with Crippen molar-refractivity contribution in [3.63, 3.8) is 0 Å². The number of carbonyl (C=O) groups excluding carboxylic acids is 2. The van der Waals surface area contributed by atoms with E-state index in [0.717, 1.165) is 0 Å². The molecule has 0 bridgehead atoms. The molecule has 1 aromatic rings. The fraction of sp³-hybridized carbons (Fsp3) is 0.100. The third kappa shape index (κ3) is 2.62. The van der Waals surface area contributed by atoms with Gasteiger partial charge in [-0.2, -0.15) is 0 Å². The Morgan fingerprint density at radius 1 is 1.50 bits per heavy atom. The first-order valence-electron chi connectivity index (χ1n) is 4.29. The van der Waals surface area contributed by atoms with Gasteiger partial charge in [-0.25, -0.2) is 10.6 Å². The number of hydrazine groups is 1. The molecule has 0 atom stereocenters. The Kier molecular flexibility index (Phi) is 4.52. The minimum Gasteiger partial charge on any atom is -0.290 e. The summed E-state index contributed by atoms with van der Waals surface area (Å²) in [6, 6.07) is 2.98. The van der Waals surface area contributed by atoms with Crippen LogP contribution in [0, 0.1) is 0 Å². The molecule has 0 radical (unpaired) electrons. The zero-order valence-electron chi connectivity index (χ0n) is 8.09. The highest BCUT2D eigenvalue weighted by molar-refractivity contribution is 6.38. The molecule has 1 amide bonds. The van der Waals surface area contributed by atoms with E-state index in [2.05, 4.69) is 0 Å². The number of nitrogens with one attached hydrogen (secondary N) is 1. The van der Waals surface area contributed by atoms with Crippen molar-refractivity contribution in [1.82, 2.24) is 5.43 Å². The summed E-state index contributed by atoms with van der Waals surface area (Å²) in [4.78, 5) is 21.4. The van der Waals surface area contributed by atoms with E-state index < -0.39 is 5.91 Å². The number of allylic oxidation sites excluding steroid dienone is 1. The predicted molar refractivity (Wildman–Crippen MR) is 62.1 cm³/mol. The van der Waals surface area contributed by atoms with E-state index in [0.29, 0.717) is 10.6 Å². The van der Waals surface area contributed by atoms with Crippen molar-refractivity contribution < 1.29 is 9.59 Å². The van der Waals surface area contributed by atoms with Crippen LogP contribution in [0.25, 0.3) is 0 Å². The van der Waals surface area contributed by atoms with Gasteiger partial charge in [0, 0.05) is 17.5 Å². The molecule has 16 heavy (non-hydrogen) atoms. The van der Waals surface area contributed by atoms with E-state index in [4.69, 9.17) is 29.0 Å². The highest BCUT2D eigenvalue weighted by atomic mass is 35.5. The van der Waals surface area contributed by atoms with E-state index >= 15 is 0 Å². The maximum Gasteiger partial charge on any atom is 0.266 e. The lowest BCUT2D eigenvalue weighted by Crippen LogP contribution is -2.30. The Labute approximate surface area is 102 Å². The lowest BCUT2D eigenvalue weighted by Gasteiger charge is -2.08. The van der Waals surface area contributed by atoms with Gasteiger partial charge in [0.1, 0.15) is 5.94 Å². The van der Waals surface area contributed by atoms with Gasteiger partial charge in [0.2, 0.25) is 0 Å². The molecule has 0 aliphatic carbocycles. The zero-order chi connectivity index (χ0) is 12.1. The lowest BCUT2D eigenvalue weighted by atomic mass is 10.1. The number of carbonyl (C=O) groups is 1. The van der Waals surface area contributed by atoms with Crippen LogP contribution in [0.4, 0.5) is 0 Å². The number of halogens is 2.